The Bertz CT molecular complexity index is 1040. The molecule has 0 unspecified atom stereocenters. The summed E-state index contributed by atoms with van der Waals surface area (Å²) in [4.78, 5) is 22.3. The van der Waals surface area contributed by atoms with Gasteiger partial charge in [0.2, 0.25) is 0 Å². The summed E-state index contributed by atoms with van der Waals surface area (Å²) >= 11 is 0. The van der Waals surface area contributed by atoms with Gasteiger partial charge in [-0.3, -0.25) is 9.69 Å². The van der Waals surface area contributed by atoms with Crippen LogP contribution in [0.3, 0.4) is 0 Å². The van der Waals surface area contributed by atoms with Gasteiger partial charge in [0.15, 0.2) is 0 Å². The van der Waals surface area contributed by atoms with E-state index in [-0.39, 0.29) is 11.8 Å². The number of carbonyl (C=O) groups excluding carboxylic acids is 1. The summed E-state index contributed by atoms with van der Waals surface area (Å²) in [6.45, 7) is 5.76. The summed E-state index contributed by atoms with van der Waals surface area (Å²) in [5.41, 5.74) is 4.17. The van der Waals surface area contributed by atoms with E-state index in [0.717, 1.165) is 49.4 Å². The quantitative estimate of drug-likeness (QED) is 0.638. The van der Waals surface area contributed by atoms with Crippen molar-refractivity contribution in [2.24, 2.45) is 5.92 Å². The molecule has 3 aromatic rings. The Morgan fingerprint density at radius 1 is 1.10 bits per heavy atom. The molecule has 2 aliphatic heterocycles. The molecule has 1 atom stereocenters. The number of hydrogen-bond acceptors (Lipinski definition) is 4. The third-order valence-corrected chi connectivity index (χ3v) is 6.44. The maximum absolute atomic E-state index is 13.5. The summed E-state index contributed by atoms with van der Waals surface area (Å²) in [5, 5.41) is 0. The molecule has 162 valence electrons. The van der Waals surface area contributed by atoms with Gasteiger partial charge in [0.05, 0.1) is 13.2 Å². The van der Waals surface area contributed by atoms with E-state index in [1.165, 1.54) is 18.4 Å². The highest BCUT2D eigenvalue weighted by Crippen LogP contribution is 2.20. The van der Waals surface area contributed by atoms with Gasteiger partial charge in [0.25, 0.3) is 5.91 Å². The van der Waals surface area contributed by atoms with Crippen LogP contribution in [-0.2, 0) is 17.7 Å². The van der Waals surface area contributed by atoms with Crippen molar-refractivity contribution >= 4 is 11.6 Å². The van der Waals surface area contributed by atoms with Crippen molar-refractivity contribution in [1.29, 1.82) is 0 Å². The van der Waals surface area contributed by atoms with E-state index in [9.17, 15) is 4.79 Å². The van der Waals surface area contributed by atoms with Crippen LogP contribution in [0.1, 0.15) is 34.3 Å². The van der Waals surface area contributed by atoms with Crippen molar-refractivity contribution in [2.75, 3.05) is 39.4 Å². The molecular formula is C25H30N4O2. The molecule has 4 heterocycles. The normalized spacial score (nSPS) is 20.3. The van der Waals surface area contributed by atoms with Crippen molar-refractivity contribution in [1.82, 2.24) is 19.2 Å². The number of likely N-dealkylation sites (tertiary alicyclic amines) is 1. The van der Waals surface area contributed by atoms with E-state index in [1.807, 2.05) is 46.0 Å². The van der Waals surface area contributed by atoms with Crippen LogP contribution in [0.15, 0.2) is 55.0 Å². The average Bonchev–Trinajstić information content (AvgIpc) is 3.42. The number of ether oxygens (including phenoxy) is 1. The number of hydrogen-bond donors (Lipinski definition) is 0. The molecule has 0 spiro atoms. The third-order valence-electron chi connectivity index (χ3n) is 6.44. The van der Waals surface area contributed by atoms with Gasteiger partial charge >= 0.3 is 0 Å². The first-order chi connectivity index (χ1) is 15.3. The molecule has 6 heteroatoms. The van der Waals surface area contributed by atoms with Crippen LogP contribution in [-0.4, -0.2) is 64.5 Å². The van der Waals surface area contributed by atoms with Gasteiger partial charge in [-0.2, -0.15) is 0 Å². The van der Waals surface area contributed by atoms with Gasteiger partial charge in [0.1, 0.15) is 5.65 Å². The third kappa shape index (κ3) is 4.65. The van der Waals surface area contributed by atoms with E-state index < -0.39 is 0 Å². The molecule has 0 aliphatic carbocycles. The number of fused-ring (bicyclic) bond motifs is 1. The summed E-state index contributed by atoms with van der Waals surface area (Å²) in [7, 11) is 0. The number of pyridine rings is 1. The number of nitrogens with zero attached hydrogens (tertiary/aromatic N) is 4. The Kier molecular flexibility index (Phi) is 6.00. The van der Waals surface area contributed by atoms with E-state index in [0.29, 0.717) is 19.8 Å². The monoisotopic (exact) mass is 418 g/mol. The SMILES string of the molecule is O=C(c1ccccc1CN1CCCC1)N1CCOC[C@H](Cc2ccc3nccn3c2)C1. The van der Waals surface area contributed by atoms with Crippen LogP contribution in [0.2, 0.25) is 0 Å². The largest absolute Gasteiger partial charge is 0.379 e. The Hall–Kier alpha value is -2.70. The number of benzene rings is 1. The van der Waals surface area contributed by atoms with Gasteiger partial charge < -0.3 is 14.0 Å². The fourth-order valence-electron chi connectivity index (χ4n) is 4.83. The van der Waals surface area contributed by atoms with Crippen LogP contribution in [0, 0.1) is 5.92 Å². The highest BCUT2D eigenvalue weighted by atomic mass is 16.5. The Morgan fingerprint density at radius 2 is 1.97 bits per heavy atom. The molecule has 1 amide bonds. The zero-order valence-corrected chi connectivity index (χ0v) is 17.9. The fraction of sp³-hybridized carbons (Fsp3) is 0.440. The first-order valence-corrected chi connectivity index (χ1v) is 11.3. The predicted octanol–water partition coefficient (Wildman–Crippen LogP) is 3.26. The molecule has 2 aliphatic rings. The minimum Gasteiger partial charge on any atom is -0.379 e. The second kappa shape index (κ2) is 9.20. The van der Waals surface area contributed by atoms with Crippen LogP contribution in [0.4, 0.5) is 0 Å². The van der Waals surface area contributed by atoms with E-state index in [2.05, 4.69) is 28.2 Å². The maximum Gasteiger partial charge on any atom is 0.254 e. The first-order valence-electron chi connectivity index (χ1n) is 11.3. The topological polar surface area (TPSA) is 50.1 Å². The zero-order chi connectivity index (χ0) is 21.0. The molecule has 2 aromatic heterocycles. The number of amides is 1. The van der Waals surface area contributed by atoms with Crippen molar-refractivity contribution < 1.29 is 9.53 Å². The molecule has 0 N–H and O–H groups in total. The van der Waals surface area contributed by atoms with Crippen molar-refractivity contribution in [3.05, 3.63) is 71.7 Å². The van der Waals surface area contributed by atoms with Crippen LogP contribution < -0.4 is 0 Å². The Morgan fingerprint density at radius 3 is 2.87 bits per heavy atom. The molecule has 31 heavy (non-hydrogen) atoms. The summed E-state index contributed by atoms with van der Waals surface area (Å²) < 4.78 is 7.93. The van der Waals surface area contributed by atoms with Crippen LogP contribution in [0.25, 0.3) is 5.65 Å². The standard InChI is InChI=1S/C25H30N4O2/c30-25(23-6-2-1-5-22(23)18-27-10-3-4-11-27)29-13-14-31-19-21(17-29)15-20-7-8-24-26-9-12-28(24)16-20/h1-2,5-9,12,16,21H,3-4,10-11,13-15,17-19H2/t21-/m1/s1. The average molecular weight is 419 g/mol. The summed E-state index contributed by atoms with van der Waals surface area (Å²) in [5.74, 6) is 0.411. The minimum absolute atomic E-state index is 0.135. The zero-order valence-electron chi connectivity index (χ0n) is 17.9. The molecule has 5 rings (SSSR count). The lowest BCUT2D eigenvalue weighted by atomic mass is 9.99. The van der Waals surface area contributed by atoms with Crippen molar-refractivity contribution in [3.8, 4) is 0 Å². The summed E-state index contributed by atoms with van der Waals surface area (Å²) in [6.07, 6.45) is 9.31. The van der Waals surface area contributed by atoms with E-state index >= 15 is 0 Å². The van der Waals surface area contributed by atoms with Gasteiger partial charge in [0, 0.05) is 49.7 Å². The Labute approximate surface area is 183 Å². The fourth-order valence-corrected chi connectivity index (χ4v) is 4.83. The lowest BCUT2D eigenvalue weighted by Gasteiger charge is -2.25. The highest BCUT2D eigenvalue weighted by molar-refractivity contribution is 5.95. The van der Waals surface area contributed by atoms with Gasteiger partial charge in [-0.15, -0.1) is 0 Å². The van der Waals surface area contributed by atoms with Crippen molar-refractivity contribution in [2.45, 2.75) is 25.8 Å². The minimum atomic E-state index is 0.135. The maximum atomic E-state index is 13.5. The smallest absolute Gasteiger partial charge is 0.254 e. The Balaban J connectivity index is 1.30. The number of rotatable bonds is 5. The lowest BCUT2D eigenvalue weighted by molar-refractivity contribution is 0.0735. The number of imidazole rings is 1. The molecule has 1 aromatic carbocycles. The van der Waals surface area contributed by atoms with Gasteiger partial charge in [-0.25, -0.2) is 4.98 Å². The van der Waals surface area contributed by atoms with Crippen LogP contribution in [0.5, 0.6) is 0 Å². The lowest BCUT2D eigenvalue weighted by Crippen LogP contribution is -2.37. The molecule has 2 saturated heterocycles. The van der Waals surface area contributed by atoms with Crippen LogP contribution >= 0.6 is 0 Å². The van der Waals surface area contributed by atoms with E-state index in [1.54, 1.807) is 0 Å². The van der Waals surface area contributed by atoms with Gasteiger partial charge in [-0.1, -0.05) is 24.3 Å². The molecule has 0 saturated carbocycles. The second-order valence-electron chi connectivity index (χ2n) is 8.77. The second-order valence-corrected chi connectivity index (χ2v) is 8.77. The van der Waals surface area contributed by atoms with Gasteiger partial charge in [-0.05, 0) is 55.6 Å². The molecule has 0 bridgehead atoms. The van der Waals surface area contributed by atoms with E-state index in [4.69, 9.17) is 4.74 Å². The summed E-state index contributed by atoms with van der Waals surface area (Å²) in [6, 6.07) is 12.3. The first kappa shape index (κ1) is 20.2. The molecule has 0 radical (unpaired) electrons. The highest BCUT2D eigenvalue weighted by Gasteiger charge is 2.26. The molecular weight excluding hydrogens is 388 g/mol. The molecule has 2 fully saturated rings. The molecule has 6 nitrogen and oxygen atoms in total. The van der Waals surface area contributed by atoms with Crippen molar-refractivity contribution in [3.63, 3.8) is 0 Å². The number of carbonyl (C=O) groups is 1. The number of aromatic nitrogens is 2. The predicted molar refractivity (Wildman–Crippen MR) is 120 cm³/mol.